The van der Waals surface area contributed by atoms with Crippen molar-refractivity contribution < 1.29 is 14.6 Å². The third-order valence-corrected chi connectivity index (χ3v) is 3.11. The van der Waals surface area contributed by atoms with E-state index in [0.29, 0.717) is 10.4 Å². The van der Waals surface area contributed by atoms with E-state index < -0.39 is 0 Å². The zero-order valence-electron chi connectivity index (χ0n) is 8.64. The first-order valence-corrected chi connectivity index (χ1v) is 5.55. The highest BCUT2D eigenvalue weighted by Gasteiger charge is 2.11. The molecule has 0 unspecified atom stereocenters. The first kappa shape index (κ1) is 10.7. The lowest BCUT2D eigenvalue weighted by atomic mass is 10.1. The van der Waals surface area contributed by atoms with Crippen LogP contribution in [0.2, 0.25) is 0 Å². The van der Waals surface area contributed by atoms with E-state index in [-0.39, 0.29) is 11.7 Å². The third kappa shape index (κ3) is 1.92. The van der Waals surface area contributed by atoms with Crippen molar-refractivity contribution in [2.75, 3.05) is 7.11 Å². The van der Waals surface area contributed by atoms with Crippen LogP contribution >= 0.6 is 11.3 Å². The molecule has 0 radical (unpaired) electrons. The van der Waals surface area contributed by atoms with Gasteiger partial charge in [-0.25, -0.2) is 4.79 Å². The summed E-state index contributed by atoms with van der Waals surface area (Å²) in [5, 5.41) is 11.5. The Labute approximate surface area is 96.9 Å². The van der Waals surface area contributed by atoms with E-state index in [0.717, 1.165) is 5.56 Å². The molecular weight excluding hydrogens is 224 g/mol. The Morgan fingerprint density at radius 3 is 2.81 bits per heavy atom. The highest BCUT2D eigenvalue weighted by atomic mass is 32.1. The van der Waals surface area contributed by atoms with Gasteiger partial charge in [-0.3, -0.25) is 0 Å². The van der Waals surface area contributed by atoms with Gasteiger partial charge in [-0.1, -0.05) is 18.2 Å². The maximum absolute atomic E-state index is 11.3. The van der Waals surface area contributed by atoms with Crippen molar-refractivity contribution in [3.63, 3.8) is 0 Å². The van der Waals surface area contributed by atoms with E-state index in [4.69, 9.17) is 0 Å². The molecular formula is C12H10O3S. The number of methoxy groups -OCH3 is 1. The number of phenolic OH excluding ortho intramolecular Hbond substituents is 1. The van der Waals surface area contributed by atoms with Gasteiger partial charge in [0.2, 0.25) is 0 Å². The number of carbonyl (C=O) groups excluding carboxylic acids is 1. The molecule has 1 aromatic carbocycles. The lowest BCUT2D eigenvalue weighted by Gasteiger charge is -2.00. The molecule has 0 bridgehead atoms. The standard InChI is InChI=1S/C12H10O3S/c1-15-12(14)11-6-8(7-16-11)9-4-2-3-5-10(9)13/h2-7,13H,1H3. The van der Waals surface area contributed by atoms with Crippen molar-refractivity contribution in [2.24, 2.45) is 0 Å². The molecule has 0 aliphatic heterocycles. The Hall–Kier alpha value is -1.81. The van der Waals surface area contributed by atoms with Gasteiger partial charge in [-0.2, -0.15) is 0 Å². The zero-order valence-corrected chi connectivity index (χ0v) is 9.45. The number of para-hydroxylation sites is 1. The Morgan fingerprint density at radius 1 is 1.38 bits per heavy atom. The van der Waals surface area contributed by atoms with E-state index in [2.05, 4.69) is 4.74 Å². The molecule has 2 aromatic rings. The van der Waals surface area contributed by atoms with Gasteiger partial charge in [0, 0.05) is 5.56 Å². The third-order valence-electron chi connectivity index (χ3n) is 2.20. The smallest absolute Gasteiger partial charge is 0.348 e. The van der Waals surface area contributed by atoms with E-state index in [9.17, 15) is 9.90 Å². The molecule has 0 saturated heterocycles. The van der Waals surface area contributed by atoms with Gasteiger partial charge in [0.25, 0.3) is 0 Å². The van der Waals surface area contributed by atoms with Crippen LogP contribution in [0.3, 0.4) is 0 Å². The molecule has 4 heteroatoms. The summed E-state index contributed by atoms with van der Waals surface area (Å²) < 4.78 is 4.62. The number of benzene rings is 1. The number of carbonyl (C=O) groups is 1. The average Bonchev–Trinajstić information content (AvgIpc) is 2.78. The highest BCUT2D eigenvalue weighted by molar-refractivity contribution is 7.12. The Morgan fingerprint density at radius 2 is 2.12 bits per heavy atom. The summed E-state index contributed by atoms with van der Waals surface area (Å²) in [4.78, 5) is 11.8. The monoisotopic (exact) mass is 234 g/mol. The maximum atomic E-state index is 11.3. The van der Waals surface area contributed by atoms with Gasteiger partial charge >= 0.3 is 5.97 Å². The summed E-state index contributed by atoms with van der Waals surface area (Å²) in [6.07, 6.45) is 0. The summed E-state index contributed by atoms with van der Waals surface area (Å²) in [5.41, 5.74) is 1.54. The second kappa shape index (κ2) is 4.37. The van der Waals surface area contributed by atoms with E-state index in [1.807, 2.05) is 11.4 Å². The second-order valence-electron chi connectivity index (χ2n) is 3.21. The lowest BCUT2D eigenvalue weighted by Crippen LogP contribution is -1.96. The van der Waals surface area contributed by atoms with Gasteiger partial charge in [0.1, 0.15) is 10.6 Å². The predicted molar refractivity (Wildman–Crippen MR) is 62.8 cm³/mol. The number of hydrogen-bond donors (Lipinski definition) is 1. The van der Waals surface area contributed by atoms with Gasteiger partial charge in [0.15, 0.2) is 0 Å². The molecule has 0 aliphatic rings. The number of phenols is 1. The molecule has 0 spiro atoms. The minimum Gasteiger partial charge on any atom is -0.507 e. The first-order chi connectivity index (χ1) is 7.72. The molecule has 0 aliphatic carbocycles. The van der Waals surface area contributed by atoms with Crippen molar-refractivity contribution in [3.8, 4) is 16.9 Å². The van der Waals surface area contributed by atoms with Crippen LogP contribution in [-0.2, 0) is 4.74 Å². The molecule has 0 fully saturated rings. The Balaban J connectivity index is 2.39. The van der Waals surface area contributed by atoms with Crippen molar-refractivity contribution >= 4 is 17.3 Å². The molecule has 0 amide bonds. The van der Waals surface area contributed by atoms with Crippen molar-refractivity contribution in [3.05, 3.63) is 40.6 Å². The van der Waals surface area contributed by atoms with Gasteiger partial charge < -0.3 is 9.84 Å². The fourth-order valence-corrected chi connectivity index (χ4v) is 2.23. The molecule has 16 heavy (non-hydrogen) atoms. The van der Waals surface area contributed by atoms with Crippen molar-refractivity contribution in [1.29, 1.82) is 0 Å². The topological polar surface area (TPSA) is 46.5 Å². The SMILES string of the molecule is COC(=O)c1cc(-c2ccccc2O)cs1. The molecule has 1 N–H and O–H groups in total. The summed E-state index contributed by atoms with van der Waals surface area (Å²) in [6, 6.07) is 8.73. The number of aromatic hydroxyl groups is 1. The van der Waals surface area contributed by atoms with Crippen LogP contribution < -0.4 is 0 Å². The van der Waals surface area contributed by atoms with E-state index in [1.165, 1.54) is 18.4 Å². The number of ether oxygens (including phenoxy) is 1. The molecule has 0 saturated carbocycles. The largest absolute Gasteiger partial charge is 0.507 e. The summed E-state index contributed by atoms with van der Waals surface area (Å²) in [6.45, 7) is 0. The Kier molecular flexibility index (Phi) is 2.92. The normalized spacial score (nSPS) is 10.1. The Bertz CT molecular complexity index is 516. The van der Waals surface area contributed by atoms with Gasteiger partial charge in [-0.05, 0) is 23.1 Å². The van der Waals surface area contributed by atoms with Crippen molar-refractivity contribution in [2.45, 2.75) is 0 Å². The minimum atomic E-state index is -0.355. The van der Waals surface area contributed by atoms with Crippen LogP contribution in [0.5, 0.6) is 5.75 Å². The number of esters is 1. The number of thiophene rings is 1. The van der Waals surface area contributed by atoms with Gasteiger partial charge in [0.05, 0.1) is 7.11 Å². The molecule has 1 heterocycles. The van der Waals surface area contributed by atoms with Crippen LogP contribution in [0, 0.1) is 0 Å². The van der Waals surface area contributed by atoms with Crippen molar-refractivity contribution in [1.82, 2.24) is 0 Å². The van der Waals surface area contributed by atoms with E-state index >= 15 is 0 Å². The zero-order chi connectivity index (χ0) is 11.5. The minimum absolute atomic E-state index is 0.205. The summed E-state index contributed by atoms with van der Waals surface area (Å²) >= 11 is 1.30. The maximum Gasteiger partial charge on any atom is 0.348 e. The molecule has 3 nitrogen and oxygen atoms in total. The van der Waals surface area contributed by atoms with E-state index in [1.54, 1.807) is 24.3 Å². The molecule has 1 aromatic heterocycles. The molecule has 2 rings (SSSR count). The highest BCUT2D eigenvalue weighted by Crippen LogP contribution is 2.32. The number of hydrogen-bond acceptors (Lipinski definition) is 4. The summed E-state index contributed by atoms with van der Waals surface area (Å²) in [5.74, 6) is -0.150. The quantitative estimate of drug-likeness (QED) is 0.813. The molecule has 0 atom stereocenters. The average molecular weight is 234 g/mol. The van der Waals surface area contributed by atoms with Crippen LogP contribution in [0.4, 0.5) is 0 Å². The first-order valence-electron chi connectivity index (χ1n) is 4.67. The fraction of sp³-hybridized carbons (Fsp3) is 0.0833. The second-order valence-corrected chi connectivity index (χ2v) is 4.12. The van der Waals surface area contributed by atoms with Gasteiger partial charge in [-0.15, -0.1) is 11.3 Å². The van der Waals surface area contributed by atoms with Crippen LogP contribution in [0.15, 0.2) is 35.7 Å². The fourth-order valence-electron chi connectivity index (χ4n) is 1.40. The van der Waals surface area contributed by atoms with Crippen LogP contribution in [-0.4, -0.2) is 18.2 Å². The predicted octanol–water partition coefficient (Wildman–Crippen LogP) is 2.91. The summed E-state index contributed by atoms with van der Waals surface area (Å²) in [7, 11) is 1.35. The molecule has 82 valence electrons. The van der Waals surface area contributed by atoms with Crippen LogP contribution in [0.1, 0.15) is 9.67 Å². The number of rotatable bonds is 2. The lowest BCUT2D eigenvalue weighted by molar-refractivity contribution is 0.0606. The van der Waals surface area contributed by atoms with Crippen LogP contribution in [0.25, 0.3) is 11.1 Å².